The molecule has 0 amide bonds. The van der Waals surface area contributed by atoms with Crippen molar-refractivity contribution in [1.82, 2.24) is 0 Å². The minimum Gasteiger partial charge on any atom is -0.394 e. The molecule has 202 valence electrons. The van der Waals surface area contributed by atoms with E-state index in [0.717, 1.165) is 27.1 Å². The number of aliphatic hydroxyl groups excluding tert-OH is 2. The summed E-state index contributed by atoms with van der Waals surface area (Å²) in [5, 5.41) is 15.2. The fourth-order valence-corrected chi connectivity index (χ4v) is 4.74. The molecule has 0 aromatic rings. The Balaban J connectivity index is -0.000000213. The quantitative estimate of drug-likeness (QED) is 0.0889. The van der Waals surface area contributed by atoms with E-state index in [4.69, 9.17) is 29.8 Å². The molecule has 0 aliphatic rings. The van der Waals surface area contributed by atoms with E-state index >= 15 is 0 Å². The first-order chi connectivity index (χ1) is 14.6. The Hall–Kier alpha value is 1.15. The molecule has 0 fully saturated rings. The van der Waals surface area contributed by atoms with Crippen molar-refractivity contribution in [3.8, 4) is 0 Å². The van der Waals surface area contributed by atoms with Crippen LogP contribution in [0.2, 0.25) is 0 Å². The molecule has 0 heterocycles. The van der Waals surface area contributed by atoms with Crippen LogP contribution in [0, 0.1) is 0 Å². The average molecular weight is 606 g/mol. The molecule has 0 spiro atoms. The second kappa shape index (κ2) is 22.4. The van der Waals surface area contributed by atoms with Crippen LogP contribution < -0.4 is 0 Å². The second-order valence-electron chi connectivity index (χ2n) is 5.22. The summed E-state index contributed by atoms with van der Waals surface area (Å²) in [4.78, 5) is 35.2. The summed E-state index contributed by atoms with van der Waals surface area (Å²) in [6.45, 7) is 3.43. The van der Waals surface area contributed by atoms with E-state index in [-0.39, 0.29) is 48.1 Å². The molecule has 0 saturated heterocycles. The average Bonchev–Trinajstić information content (AvgIpc) is 2.67. The number of hydrogen-bond donors (Lipinski definition) is 6. The molecule has 6 N–H and O–H groups in total. The van der Waals surface area contributed by atoms with Crippen molar-refractivity contribution in [2.45, 2.75) is 39.5 Å². The third-order valence-corrected chi connectivity index (χ3v) is 7.72. The zero-order valence-electron chi connectivity index (χ0n) is 18.7. The van der Waals surface area contributed by atoms with Crippen molar-refractivity contribution < 1.29 is 96.5 Å². The van der Waals surface area contributed by atoms with Crippen LogP contribution in [0.4, 0.5) is 0 Å². The Morgan fingerprint density at radius 3 is 1.06 bits per heavy atom. The molecule has 21 heteroatoms. The maximum Gasteiger partial charge on any atom is 0.481 e. The summed E-state index contributed by atoms with van der Waals surface area (Å²) < 4.78 is 67.9. The van der Waals surface area contributed by atoms with Crippen LogP contribution in [-0.2, 0) is 66.7 Å². The Morgan fingerprint density at radius 1 is 0.606 bits per heavy atom. The van der Waals surface area contributed by atoms with Crippen molar-refractivity contribution in [2.75, 3.05) is 40.6 Å². The summed E-state index contributed by atoms with van der Waals surface area (Å²) in [5.41, 5.74) is 0. The van der Waals surface area contributed by atoms with Gasteiger partial charge in [0.2, 0.25) is 0 Å². The number of phosphoric acid groups is 4. The molecule has 0 aliphatic carbocycles. The predicted molar refractivity (Wildman–Crippen MR) is 111 cm³/mol. The van der Waals surface area contributed by atoms with E-state index in [2.05, 4.69) is 26.7 Å². The molecule has 0 aromatic heterocycles. The molecular weight excluding hydrogens is 572 g/mol. The van der Waals surface area contributed by atoms with Crippen LogP contribution in [0.1, 0.15) is 39.5 Å². The van der Waals surface area contributed by atoms with Crippen LogP contribution in [-0.4, -0.2) is 70.4 Å². The van der Waals surface area contributed by atoms with Gasteiger partial charge < -0.3 is 29.8 Å². The molecular formula is C12H34O16P4Ti. The zero-order valence-corrected chi connectivity index (χ0v) is 23.9. The third-order valence-electron chi connectivity index (χ3n) is 2.48. The SMILES string of the molecule is CCCCOP(=O)(O)OP(=O)(O)OC.CCCCOP(=O)(O)OP(=O)(O)OC.OCCO.[Ti]. The molecule has 33 heavy (non-hydrogen) atoms. The van der Waals surface area contributed by atoms with Gasteiger partial charge in [0.1, 0.15) is 0 Å². The monoisotopic (exact) mass is 606 g/mol. The Morgan fingerprint density at radius 2 is 0.879 bits per heavy atom. The van der Waals surface area contributed by atoms with E-state index in [1.807, 2.05) is 13.8 Å². The first kappa shape index (κ1) is 41.3. The molecule has 4 unspecified atom stereocenters. The molecule has 0 aliphatic heterocycles. The summed E-state index contributed by atoms with van der Waals surface area (Å²) in [6.07, 6.45) is 2.63. The molecule has 0 rings (SSSR count). The minimum absolute atomic E-state index is 0. The first-order valence-electron chi connectivity index (χ1n) is 8.93. The maximum absolute atomic E-state index is 11.0. The van der Waals surface area contributed by atoms with Gasteiger partial charge in [-0.2, -0.15) is 8.62 Å². The fraction of sp³-hybridized carbons (Fsp3) is 1.00. The predicted octanol–water partition coefficient (Wildman–Crippen LogP) is 2.30. The minimum atomic E-state index is -4.50. The van der Waals surface area contributed by atoms with Crippen molar-refractivity contribution in [3.05, 3.63) is 0 Å². The summed E-state index contributed by atoms with van der Waals surface area (Å²) in [7, 11) is -16.2. The van der Waals surface area contributed by atoms with Gasteiger partial charge in [0, 0.05) is 35.9 Å². The van der Waals surface area contributed by atoms with Gasteiger partial charge in [-0.1, -0.05) is 26.7 Å². The van der Waals surface area contributed by atoms with Gasteiger partial charge in [-0.25, -0.2) is 18.3 Å². The fourth-order valence-electron chi connectivity index (χ4n) is 1.02. The topological polar surface area (TPSA) is 245 Å². The first-order valence-corrected chi connectivity index (χ1v) is 14.9. The Kier molecular flexibility index (Phi) is 28.0. The number of hydrogen-bond acceptors (Lipinski definition) is 12. The van der Waals surface area contributed by atoms with E-state index < -0.39 is 31.3 Å². The van der Waals surface area contributed by atoms with E-state index in [0.29, 0.717) is 12.8 Å². The Labute approximate surface area is 207 Å². The van der Waals surface area contributed by atoms with Gasteiger partial charge in [-0.3, -0.25) is 18.1 Å². The number of rotatable bonds is 15. The summed E-state index contributed by atoms with van der Waals surface area (Å²) >= 11 is 0. The van der Waals surface area contributed by atoms with Gasteiger partial charge in [0.05, 0.1) is 26.4 Å². The van der Waals surface area contributed by atoms with Gasteiger partial charge in [-0.05, 0) is 12.8 Å². The largest absolute Gasteiger partial charge is 0.481 e. The smallest absolute Gasteiger partial charge is 0.394 e. The van der Waals surface area contributed by atoms with Gasteiger partial charge in [0.25, 0.3) is 0 Å². The van der Waals surface area contributed by atoms with Gasteiger partial charge >= 0.3 is 31.3 Å². The van der Waals surface area contributed by atoms with Crippen molar-refractivity contribution >= 4 is 31.3 Å². The van der Waals surface area contributed by atoms with E-state index in [1.54, 1.807) is 0 Å². The normalized spacial score (nSPS) is 17.9. The van der Waals surface area contributed by atoms with Crippen molar-refractivity contribution in [3.63, 3.8) is 0 Å². The van der Waals surface area contributed by atoms with Crippen LogP contribution >= 0.6 is 31.3 Å². The van der Waals surface area contributed by atoms with Crippen molar-refractivity contribution in [2.24, 2.45) is 0 Å². The van der Waals surface area contributed by atoms with Gasteiger partial charge in [-0.15, -0.1) is 0 Å². The molecule has 0 bridgehead atoms. The third kappa shape index (κ3) is 31.1. The molecule has 4 atom stereocenters. The second-order valence-corrected chi connectivity index (χ2v) is 11.5. The maximum atomic E-state index is 11.0. The number of aliphatic hydroxyl groups is 2. The van der Waals surface area contributed by atoms with Crippen molar-refractivity contribution in [1.29, 1.82) is 0 Å². The standard InChI is InChI=1S/2C5H14O7P2.C2H6O2.Ti/c2*1-3-4-5-11-14(8,9)12-13(6,7)10-2;3-1-2-4;/h2*3-5H2,1-2H3,(H,6,7)(H,8,9);3-4H,1-2H2;. The van der Waals surface area contributed by atoms with E-state index in [1.165, 1.54) is 0 Å². The molecule has 0 aromatic carbocycles. The van der Waals surface area contributed by atoms with Crippen LogP contribution in [0.15, 0.2) is 0 Å². The van der Waals surface area contributed by atoms with Crippen LogP contribution in [0.5, 0.6) is 0 Å². The molecule has 16 nitrogen and oxygen atoms in total. The number of phosphoric ester groups is 4. The number of unbranched alkanes of at least 4 members (excludes halogenated alkanes) is 2. The van der Waals surface area contributed by atoms with E-state index in [9.17, 15) is 18.3 Å². The van der Waals surface area contributed by atoms with Crippen LogP contribution in [0.3, 0.4) is 0 Å². The Bertz CT molecular complexity index is 595. The molecule has 0 saturated carbocycles. The summed E-state index contributed by atoms with van der Waals surface area (Å²) in [5.74, 6) is 0. The summed E-state index contributed by atoms with van der Waals surface area (Å²) in [6, 6.07) is 0. The molecule has 0 radical (unpaired) electrons. The van der Waals surface area contributed by atoms with Gasteiger partial charge in [0.15, 0.2) is 0 Å². The zero-order chi connectivity index (χ0) is 25.9. The van der Waals surface area contributed by atoms with Crippen LogP contribution in [0.25, 0.3) is 0 Å².